The van der Waals surface area contributed by atoms with Crippen LogP contribution in [0.1, 0.15) is 57.5 Å². The fraction of sp³-hybridized carbons (Fsp3) is 0.714. The first kappa shape index (κ1) is 13.1. The Bertz CT molecular complexity index is 454. The average Bonchev–Trinajstić information content (AvgIpc) is 2.69. The molecule has 1 aliphatic heterocycles. The Balaban J connectivity index is 2.24. The summed E-state index contributed by atoms with van der Waals surface area (Å²) in [5.74, 6) is 0.624. The van der Waals surface area contributed by atoms with E-state index < -0.39 is 0 Å². The number of hydrogen-bond donors (Lipinski definition) is 1. The second-order valence-corrected chi connectivity index (χ2v) is 6.45. The van der Waals surface area contributed by atoms with Gasteiger partial charge in [-0.2, -0.15) is 5.10 Å². The molecule has 0 saturated carbocycles. The molecule has 4 nitrogen and oxygen atoms in total. The molecule has 0 saturated heterocycles. The van der Waals surface area contributed by atoms with Crippen molar-refractivity contribution in [2.45, 2.75) is 53.5 Å². The minimum atomic E-state index is -0.306. The minimum Gasteiger partial charge on any atom is -0.337 e. The van der Waals surface area contributed by atoms with E-state index in [1.54, 1.807) is 0 Å². The second kappa shape index (κ2) is 4.41. The molecule has 1 aliphatic rings. The number of fused-ring (bicyclic) bond motifs is 1. The molecule has 4 heteroatoms. The van der Waals surface area contributed by atoms with E-state index in [1.165, 1.54) is 11.3 Å². The van der Waals surface area contributed by atoms with E-state index in [9.17, 15) is 4.79 Å². The molecule has 0 aromatic carbocycles. The van der Waals surface area contributed by atoms with Gasteiger partial charge in [0.2, 0.25) is 5.91 Å². The van der Waals surface area contributed by atoms with E-state index in [-0.39, 0.29) is 11.3 Å². The Hall–Kier alpha value is -1.32. The molecule has 1 aromatic heterocycles. The summed E-state index contributed by atoms with van der Waals surface area (Å²) in [5, 5.41) is 7.51. The molecule has 0 bridgehead atoms. The number of nitrogens with zero attached hydrogens (tertiary/aromatic N) is 2. The summed E-state index contributed by atoms with van der Waals surface area (Å²) < 4.78 is 0. The zero-order valence-corrected chi connectivity index (χ0v) is 12.0. The van der Waals surface area contributed by atoms with Gasteiger partial charge in [-0.15, -0.1) is 0 Å². The lowest BCUT2D eigenvalue weighted by molar-refractivity contribution is -0.140. The van der Waals surface area contributed by atoms with Crippen LogP contribution in [0.15, 0.2) is 0 Å². The van der Waals surface area contributed by atoms with E-state index in [1.807, 2.05) is 25.7 Å². The van der Waals surface area contributed by atoms with Crippen molar-refractivity contribution in [3.05, 3.63) is 17.0 Å². The van der Waals surface area contributed by atoms with Crippen molar-refractivity contribution in [2.24, 2.45) is 5.41 Å². The second-order valence-electron chi connectivity index (χ2n) is 6.45. The standard InChI is InChI=1S/C14H23N3O/c1-9(2)12-10-8-17(13(18)14(3,4)5)7-6-11(10)15-16-12/h9H,6-8H2,1-5H3,(H,15,16). The first-order chi connectivity index (χ1) is 8.30. The highest BCUT2D eigenvalue weighted by Crippen LogP contribution is 2.28. The maximum atomic E-state index is 12.3. The van der Waals surface area contributed by atoms with Gasteiger partial charge in [-0.25, -0.2) is 0 Å². The molecule has 0 radical (unpaired) electrons. The zero-order valence-electron chi connectivity index (χ0n) is 12.0. The molecular weight excluding hydrogens is 226 g/mol. The van der Waals surface area contributed by atoms with Crippen LogP contribution in [0.3, 0.4) is 0 Å². The average molecular weight is 249 g/mol. The fourth-order valence-electron chi connectivity index (χ4n) is 2.44. The largest absolute Gasteiger partial charge is 0.337 e. The van der Waals surface area contributed by atoms with Crippen LogP contribution in [0, 0.1) is 5.41 Å². The van der Waals surface area contributed by atoms with Gasteiger partial charge in [0.15, 0.2) is 0 Å². The number of carbonyl (C=O) groups is 1. The minimum absolute atomic E-state index is 0.226. The molecule has 0 fully saturated rings. The highest BCUT2D eigenvalue weighted by molar-refractivity contribution is 5.81. The lowest BCUT2D eigenvalue weighted by Crippen LogP contribution is -2.42. The van der Waals surface area contributed by atoms with Gasteiger partial charge in [0.1, 0.15) is 0 Å². The number of amides is 1. The third kappa shape index (κ3) is 2.28. The number of hydrogen-bond acceptors (Lipinski definition) is 2. The number of nitrogens with one attached hydrogen (secondary N) is 1. The molecular formula is C14H23N3O. The van der Waals surface area contributed by atoms with Crippen LogP contribution in [-0.4, -0.2) is 27.5 Å². The van der Waals surface area contributed by atoms with E-state index in [0.717, 1.165) is 18.7 Å². The van der Waals surface area contributed by atoms with Crippen LogP contribution in [0.5, 0.6) is 0 Å². The van der Waals surface area contributed by atoms with Crippen LogP contribution in [0.4, 0.5) is 0 Å². The molecule has 2 heterocycles. The van der Waals surface area contributed by atoms with Gasteiger partial charge >= 0.3 is 0 Å². The van der Waals surface area contributed by atoms with Gasteiger partial charge in [0.25, 0.3) is 0 Å². The monoisotopic (exact) mass is 249 g/mol. The Morgan fingerprint density at radius 3 is 2.61 bits per heavy atom. The van der Waals surface area contributed by atoms with E-state index in [0.29, 0.717) is 12.5 Å². The number of aromatic nitrogens is 2. The van der Waals surface area contributed by atoms with Crippen molar-refractivity contribution in [2.75, 3.05) is 6.54 Å². The van der Waals surface area contributed by atoms with Crippen LogP contribution < -0.4 is 0 Å². The highest BCUT2D eigenvalue weighted by atomic mass is 16.2. The number of aromatic amines is 1. The third-order valence-electron chi connectivity index (χ3n) is 3.44. The summed E-state index contributed by atoms with van der Waals surface area (Å²) in [6, 6.07) is 0. The normalized spacial score (nSPS) is 16.0. The molecule has 0 atom stereocenters. The molecule has 18 heavy (non-hydrogen) atoms. The van der Waals surface area contributed by atoms with Crippen LogP contribution in [-0.2, 0) is 17.8 Å². The molecule has 0 unspecified atom stereocenters. The van der Waals surface area contributed by atoms with Gasteiger partial charge < -0.3 is 4.90 Å². The SMILES string of the molecule is CC(C)c1n[nH]c2c1CN(C(=O)C(C)(C)C)CC2. The summed E-state index contributed by atoms with van der Waals surface area (Å²) in [6.45, 7) is 11.7. The number of rotatable bonds is 1. The molecule has 0 aliphatic carbocycles. The Morgan fingerprint density at radius 2 is 2.06 bits per heavy atom. The quantitative estimate of drug-likeness (QED) is 0.831. The first-order valence-electron chi connectivity index (χ1n) is 6.66. The first-order valence-corrected chi connectivity index (χ1v) is 6.66. The van der Waals surface area contributed by atoms with Crippen molar-refractivity contribution in [3.63, 3.8) is 0 Å². The van der Waals surface area contributed by atoms with E-state index in [4.69, 9.17) is 0 Å². The van der Waals surface area contributed by atoms with Crippen LogP contribution in [0.2, 0.25) is 0 Å². The molecule has 1 aromatic rings. The van der Waals surface area contributed by atoms with Gasteiger partial charge in [0.05, 0.1) is 5.69 Å². The van der Waals surface area contributed by atoms with Crippen molar-refractivity contribution < 1.29 is 4.79 Å². The van der Waals surface area contributed by atoms with Gasteiger partial charge in [-0.3, -0.25) is 9.89 Å². The van der Waals surface area contributed by atoms with E-state index in [2.05, 4.69) is 24.0 Å². The Morgan fingerprint density at radius 1 is 1.39 bits per heavy atom. The summed E-state index contributed by atoms with van der Waals surface area (Å²) in [4.78, 5) is 14.3. The molecule has 2 rings (SSSR count). The Kier molecular flexibility index (Phi) is 3.21. The third-order valence-corrected chi connectivity index (χ3v) is 3.44. The summed E-state index contributed by atoms with van der Waals surface area (Å²) in [6.07, 6.45) is 0.886. The molecule has 0 spiro atoms. The van der Waals surface area contributed by atoms with Crippen LogP contribution >= 0.6 is 0 Å². The molecule has 1 N–H and O–H groups in total. The molecule has 1 amide bonds. The van der Waals surface area contributed by atoms with E-state index >= 15 is 0 Å². The fourth-order valence-corrected chi connectivity index (χ4v) is 2.44. The number of H-pyrrole nitrogens is 1. The van der Waals surface area contributed by atoms with Gasteiger partial charge in [0, 0.05) is 36.2 Å². The predicted molar refractivity (Wildman–Crippen MR) is 71.3 cm³/mol. The van der Waals surface area contributed by atoms with Crippen molar-refractivity contribution in [1.29, 1.82) is 0 Å². The molecule has 100 valence electrons. The predicted octanol–water partition coefficient (Wildman–Crippen LogP) is 2.46. The Labute approximate surface area is 109 Å². The topological polar surface area (TPSA) is 49.0 Å². The van der Waals surface area contributed by atoms with Crippen molar-refractivity contribution in [1.82, 2.24) is 15.1 Å². The summed E-state index contributed by atoms with van der Waals surface area (Å²) in [5.41, 5.74) is 3.24. The lowest BCUT2D eigenvalue weighted by Gasteiger charge is -2.32. The maximum absolute atomic E-state index is 12.3. The highest BCUT2D eigenvalue weighted by Gasteiger charge is 2.31. The van der Waals surface area contributed by atoms with Gasteiger partial charge in [-0.1, -0.05) is 34.6 Å². The van der Waals surface area contributed by atoms with Crippen molar-refractivity contribution in [3.8, 4) is 0 Å². The zero-order chi connectivity index (χ0) is 13.5. The van der Waals surface area contributed by atoms with Crippen molar-refractivity contribution >= 4 is 5.91 Å². The smallest absolute Gasteiger partial charge is 0.228 e. The lowest BCUT2D eigenvalue weighted by atomic mass is 9.92. The van der Waals surface area contributed by atoms with Gasteiger partial charge in [-0.05, 0) is 5.92 Å². The van der Waals surface area contributed by atoms with Crippen LogP contribution in [0.25, 0.3) is 0 Å². The number of carbonyl (C=O) groups excluding carboxylic acids is 1. The maximum Gasteiger partial charge on any atom is 0.228 e. The summed E-state index contributed by atoms with van der Waals surface area (Å²) in [7, 11) is 0. The summed E-state index contributed by atoms with van der Waals surface area (Å²) >= 11 is 0.